The molecule has 0 spiro atoms. The van der Waals surface area contributed by atoms with Crippen molar-refractivity contribution in [1.29, 1.82) is 0 Å². The molecular formula is C18H27NS. The molecule has 2 heteroatoms. The van der Waals surface area contributed by atoms with Crippen molar-refractivity contribution in [2.24, 2.45) is 23.2 Å². The molecule has 110 valence electrons. The standard InChI is InChI=1S/C18H27NS/c1-11(2)13-6-15(20-10-13)9-19-17-8-14-7-16(12(17)3)18(14,4)5/h6,10,12,14,16-17,19H,1,7-9H2,2-5H3/t12-,14-,16+,17-/m1/s1. The second kappa shape index (κ2) is 4.99. The summed E-state index contributed by atoms with van der Waals surface area (Å²) >= 11 is 1.86. The fourth-order valence-electron chi connectivity index (χ4n) is 4.35. The minimum absolute atomic E-state index is 0.591. The summed E-state index contributed by atoms with van der Waals surface area (Å²) in [7, 11) is 0. The molecular weight excluding hydrogens is 262 g/mol. The van der Waals surface area contributed by atoms with E-state index in [2.05, 4.69) is 51.0 Å². The average molecular weight is 289 g/mol. The number of hydrogen-bond donors (Lipinski definition) is 1. The lowest BCUT2D eigenvalue weighted by molar-refractivity contribution is -0.115. The van der Waals surface area contributed by atoms with Crippen LogP contribution in [0.1, 0.15) is 51.0 Å². The van der Waals surface area contributed by atoms with E-state index in [4.69, 9.17) is 0 Å². The quantitative estimate of drug-likeness (QED) is 0.827. The second-order valence-corrected chi connectivity index (χ2v) is 8.52. The summed E-state index contributed by atoms with van der Waals surface area (Å²) in [6.07, 6.45) is 2.83. The van der Waals surface area contributed by atoms with Gasteiger partial charge in [-0.2, -0.15) is 0 Å². The Morgan fingerprint density at radius 3 is 2.75 bits per heavy atom. The number of nitrogens with one attached hydrogen (secondary N) is 1. The summed E-state index contributed by atoms with van der Waals surface area (Å²) in [6, 6.07) is 3.00. The predicted octanol–water partition coefficient (Wildman–Crippen LogP) is 4.94. The Bertz CT molecular complexity index is 513. The lowest BCUT2D eigenvalue weighted by Gasteiger charge is -2.62. The van der Waals surface area contributed by atoms with Gasteiger partial charge in [-0.3, -0.25) is 0 Å². The van der Waals surface area contributed by atoms with Crippen molar-refractivity contribution in [2.45, 2.75) is 53.1 Å². The van der Waals surface area contributed by atoms with Gasteiger partial charge in [-0.05, 0) is 59.9 Å². The smallest absolute Gasteiger partial charge is 0.0302 e. The molecule has 1 heterocycles. The third-order valence-corrected chi connectivity index (χ3v) is 6.98. The SMILES string of the molecule is C=C(C)c1csc(CN[C@@H]2C[C@H]3C[C@@H]([C@H]2C)C3(C)C)c1. The first kappa shape index (κ1) is 14.3. The van der Waals surface area contributed by atoms with Crippen LogP contribution in [0.5, 0.6) is 0 Å². The van der Waals surface area contributed by atoms with E-state index in [1.165, 1.54) is 28.9 Å². The number of hydrogen-bond acceptors (Lipinski definition) is 2. The van der Waals surface area contributed by atoms with Gasteiger partial charge in [0.15, 0.2) is 0 Å². The zero-order valence-electron chi connectivity index (χ0n) is 13.2. The second-order valence-electron chi connectivity index (χ2n) is 7.52. The van der Waals surface area contributed by atoms with E-state index in [0.29, 0.717) is 11.5 Å². The Morgan fingerprint density at radius 2 is 2.20 bits per heavy atom. The van der Waals surface area contributed by atoms with Crippen LogP contribution in [0.2, 0.25) is 0 Å². The van der Waals surface area contributed by atoms with Crippen molar-refractivity contribution in [3.8, 4) is 0 Å². The molecule has 0 saturated heterocycles. The summed E-state index contributed by atoms with van der Waals surface area (Å²) < 4.78 is 0. The highest BCUT2D eigenvalue weighted by Crippen LogP contribution is 2.61. The predicted molar refractivity (Wildman–Crippen MR) is 88.8 cm³/mol. The highest BCUT2D eigenvalue weighted by atomic mass is 32.1. The number of allylic oxidation sites excluding steroid dienone is 1. The van der Waals surface area contributed by atoms with Gasteiger partial charge in [0.1, 0.15) is 0 Å². The van der Waals surface area contributed by atoms with Crippen molar-refractivity contribution in [3.05, 3.63) is 28.5 Å². The fourth-order valence-corrected chi connectivity index (χ4v) is 5.26. The van der Waals surface area contributed by atoms with Crippen LogP contribution in [0, 0.1) is 23.2 Å². The summed E-state index contributed by atoms with van der Waals surface area (Å²) in [5, 5.41) is 6.05. The van der Waals surface area contributed by atoms with E-state index in [9.17, 15) is 0 Å². The molecule has 1 nitrogen and oxygen atoms in total. The van der Waals surface area contributed by atoms with Crippen LogP contribution >= 0.6 is 11.3 Å². The van der Waals surface area contributed by atoms with Crippen molar-refractivity contribution in [2.75, 3.05) is 0 Å². The van der Waals surface area contributed by atoms with E-state index in [1.807, 2.05) is 11.3 Å². The number of fused-ring (bicyclic) bond motifs is 2. The lowest BCUT2D eigenvalue weighted by atomic mass is 9.45. The van der Waals surface area contributed by atoms with Gasteiger partial charge in [0.2, 0.25) is 0 Å². The third-order valence-electron chi connectivity index (χ3n) is 6.04. The molecule has 20 heavy (non-hydrogen) atoms. The van der Waals surface area contributed by atoms with Crippen LogP contribution in [-0.4, -0.2) is 6.04 Å². The zero-order chi connectivity index (χ0) is 14.5. The highest BCUT2D eigenvalue weighted by molar-refractivity contribution is 7.10. The normalized spacial score (nSPS) is 34.6. The number of rotatable bonds is 4. The van der Waals surface area contributed by atoms with Gasteiger partial charge in [0.25, 0.3) is 0 Å². The minimum Gasteiger partial charge on any atom is -0.309 e. The van der Waals surface area contributed by atoms with Crippen molar-refractivity contribution < 1.29 is 0 Å². The van der Waals surface area contributed by atoms with Crippen molar-refractivity contribution >= 4 is 16.9 Å². The minimum atomic E-state index is 0.591. The Morgan fingerprint density at radius 1 is 1.45 bits per heavy atom. The Kier molecular flexibility index (Phi) is 3.58. The first-order valence-corrected chi connectivity index (χ1v) is 8.74. The number of thiophene rings is 1. The summed E-state index contributed by atoms with van der Waals surface area (Å²) in [4.78, 5) is 1.44. The Hall–Kier alpha value is -0.600. The monoisotopic (exact) mass is 289 g/mol. The molecule has 0 radical (unpaired) electrons. The summed E-state index contributed by atoms with van der Waals surface area (Å²) in [5.41, 5.74) is 3.06. The maximum atomic E-state index is 4.02. The molecule has 0 aromatic carbocycles. The third kappa shape index (κ3) is 2.27. The molecule has 3 aliphatic carbocycles. The molecule has 4 atom stereocenters. The maximum Gasteiger partial charge on any atom is 0.0302 e. The highest BCUT2D eigenvalue weighted by Gasteiger charge is 2.55. The molecule has 2 bridgehead atoms. The molecule has 1 aromatic heterocycles. The fraction of sp³-hybridized carbons (Fsp3) is 0.667. The Balaban J connectivity index is 1.58. The van der Waals surface area contributed by atoms with E-state index in [0.717, 1.165) is 24.3 Å². The van der Waals surface area contributed by atoms with Crippen LogP contribution in [0.25, 0.3) is 5.57 Å². The van der Waals surface area contributed by atoms with Crippen LogP contribution < -0.4 is 5.32 Å². The van der Waals surface area contributed by atoms with Crippen LogP contribution in [-0.2, 0) is 6.54 Å². The molecule has 0 amide bonds. The molecule has 3 fully saturated rings. The Labute approximate surface area is 127 Å². The largest absolute Gasteiger partial charge is 0.309 e. The van der Waals surface area contributed by atoms with Crippen LogP contribution in [0.15, 0.2) is 18.0 Å². The first-order chi connectivity index (χ1) is 9.39. The van der Waals surface area contributed by atoms with Crippen LogP contribution in [0.3, 0.4) is 0 Å². The zero-order valence-corrected chi connectivity index (χ0v) is 14.0. The summed E-state index contributed by atoms with van der Waals surface area (Å²) in [6.45, 7) is 14.5. The molecule has 4 rings (SSSR count). The van der Waals surface area contributed by atoms with Gasteiger partial charge < -0.3 is 5.32 Å². The van der Waals surface area contributed by atoms with Gasteiger partial charge >= 0.3 is 0 Å². The van der Waals surface area contributed by atoms with E-state index in [-0.39, 0.29) is 0 Å². The van der Waals surface area contributed by atoms with Crippen molar-refractivity contribution in [1.82, 2.24) is 5.32 Å². The van der Waals surface area contributed by atoms with Gasteiger partial charge in [0.05, 0.1) is 0 Å². The van der Waals surface area contributed by atoms with E-state index >= 15 is 0 Å². The van der Waals surface area contributed by atoms with Crippen molar-refractivity contribution in [3.63, 3.8) is 0 Å². The average Bonchev–Trinajstić information content (AvgIpc) is 2.85. The van der Waals surface area contributed by atoms with Gasteiger partial charge in [-0.15, -0.1) is 11.3 Å². The first-order valence-electron chi connectivity index (χ1n) is 7.86. The van der Waals surface area contributed by atoms with E-state index in [1.54, 1.807) is 0 Å². The molecule has 3 aliphatic rings. The molecule has 0 aliphatic heterocycles. The van der Waals surface area contributed by atoms with Crippen LogP contribution in [0.4, 0.5) is 0 Å². The topological polar surface area (TPSA) is 12.0 Å². The maximum absolute atomic E-state index is 4.02. The van der Waals surface area contributed by atoms with Gasteiger partial charge in [-0.25, -0.2) is 0 Å². The lowest BCUT2D eigenvalue weighted by Crippen LogP contribution is -2.59. The molecule has 1 aromatic rings. The van der Waals surface area contributed by atoms with Gasteiger partial charge in [0, 0.05) is 17.5 Å². The van der Waals surface area contributed by atoms with Gasteiger partial charge in [-0.1, -0.05) is 32.9 Å². The summed E-state index contributed by atoms with van der Waals surface area (Å²) in [5.74, 6) is 2.68. The molecule has 0 unspecified atom stereocenters. The van der Waals surface area contributed by atoms with E-state index < -0.39 is 0 Å². The molecule has 3 saturated carbocycles. The molecule has 1 N–H and O–H groups in total.